The van der Waals surface area contributed by atoms with Crippen LogP contribution >= 0.6 is 0 Å². The van der Waals surface area contributed by atoms with Crippen molar-refractivity contribution in [1.82, 2.24) is 4.57 Å². The van der Waals surface area contributed by atoms with Gasteiger partial charge in [-0.15, -0.1) is 0 Å². The van der Waals surface area contributed by atoms with E-state index in [1.807, 2.05) is 0 Å². The molecule has 1 aromatic heterocycles. The molecular formula is C12H12F3NO2. The van der Waals surface area contributed by atoms with Crippen LogP contribution in [-0.4, -0.2) is 10.4 Å². The van der Waals surface area contributed by atoms with Crippen LogP contribution in [0.2, 0.25) is 0 Å². The number of pyridine rings is 1. The van der Waals surface area contributed by atoms with Gasteiger partial charge in [0, 0.05) is 31.1 Å². The van der Waals surface area contributed by atoms with Crippen LogP contribution in [0.25, 0.3) is 0 Å². The second-order valence-corrected chi connectivity index (χ2v) is 4.43. The molecule has 18 heavy (non-hydrogen) atoms. The van der Waals surface area contributed by atoms with E-state index in [9.17, 15) is 22.8 Å². The summed E-state index contributed by atoms with van der Waals surface area (Å²) < 4.78 is 38.8. The molecule has 0 saturated heterocycles. The van der Waals surface area contributed by atoms with Gasteiger partial charge in [0.15, 0.2) is 0 Å². The fraction of sp³-hybridized carbons (Fsp3) is 0.500. The van der Waals surface area contributed by atoms with Gasteiger partial charge in [-0.2, -0.15) is 13.2 Å². The Hall–Kier alpha value is -1.59. The van der Waals surface area contributed by atoms with Crippen molar-refractivity contribution < 1.29 is 18.0 Å². The lowest BCUT2D eigenvalue weighted by Gasteiger charge is -2.24. The topological polar surface area (TPSA) is 39.1 Å². The number of hydrogen-bond acceptors (Lipinski definition) is 2. The van der Waals surface area contributed by atoms with E-state index in [-0.39, 0.29) is 11.8 Å². The zero-order valence-electron chi connectivity index (χ0n) is 9.54. The number of carbonyl (C=O) groups excluding carboxylic acids is 1. The largest absolute Gasteiger partial charge is 0.417 e. The minimum absolute atomic E-state index is 0.103. The van der Waals surface area contributed by atoms with Crippen LogP contribution in [0, 0.1) is 0 Å². The van der Waals surface area contributed by atoms with Crippen molar-refractivity contribution in [3.05, 3.63) is 34.2 Å². The van der Waals surface area contributed by atoms with Gasteiger partial charge in [-0.3, -0.25) is 9.59 Å². The first-order valence-electron chi connectivity index (χ1n) is 5.69. The summed E-state index contributed by atoms with van der Waals surface area (Å²) in [5.41, 5.74) is -1.29. The minimum atomic E-state index is -4.46. The molecule has 3 nitrogen and oxygen atoms in total. The molecule has 0 bridgehead atoms. The quantitative estimate of drug-likeness (QED) is 0.777. The number of Topliss-reactive ketones (excluding diaryl/α,β-unsaturated/α-hetero) is 1. The first kappa shape index (κ1) is 12.9. The maximum Gasteiger partial charge on any atom is 0.417 e. The SMILES string of the molecule is O=C1CCC(n2cc(C(F)(F)F)ccc2=O)CC1. The number of halogens is 3. The Morgan fingerprint density at radius 1 is 1.11 bits per heavy atom. The molecule has 2 rings (SSSR count). The average molecular weight is 259 g/mol. The fourth-order valence-corrected chi connectivity index (χ4v) is 2.16. The number of ketones is 1. The average Bonchev–Trinajstić information content (AvgIpc) is 2.29. The van der Waals surface area contributed by atoms with Crippen LogP contribution in [0.4, 0.5) is 13.2 Å². The molecule has 0 aromatic carbocycles. The Morgan fingerprint density at radius 3 is 2.28 bits per heavy atom. The lowest BCUT2D eigenvalue weighted by molar-refractivity contribution is -0.138. The molecule has 6 heteroatoms. The molecule has 0 amide bonds. The van der Waals surface area contributed by atoms with Gasteiger partial charge >= 0.3 is 6.18 Å². The van der Waals surface area contributed by atoms with Crippen molar-refractivity contribution in [2.24, 2.45) is 0 Å². The van der Waals surface area contributed by atoms with E-state index in [0.717, 1.165) is 22.9 Å². The van der Waals surface area contributed by atoms with Gasteiger partial charge in [0.05, 0.1) is 5.56 Å². The van der Waals surface area contributed by atoms with E-state index in [1.54, 1.807) is 0 Å². The Morgan fingerprint density at radius 2 is 1.72 bits per heavy atom. The molecule has 0 N–H and O–H groups in total. The van der Waals surface area contributed by atoms with Crippen molar-refractivity contribution in [1.29, 1.82) is 0 Å². The summed E-state index contributed by atoms with van der Waals surface area (Å²) in [6.07, 6.45) is -2.09. The molecule has 1 fully saturated rings. The number of alkyl halides is 3. The van der Waals surface area contributed by atoms with E-state index in [1.165, 1.54) is 0 Å². The fourth-order valence-electron chi connectivity index (χ4n) is 2.16. The summed E-state index contributed by atoms with van der Waals surface area (Å²) in [6, 6.07) is 1.41. The zero-order chi connectivity index (χ0) is 13.3. The molecule has 1 saturated carbocycles. The first-order valence-corrected chi connectivity index (χ1v) is 5.69. The van der Waals surface area contributed by atoms with E-state index in [4.69, 9.17) is 0 Å². The summed E-state index contributed by atoms with van der Waals surface area (Å²) in [5.74, 6) is 0.103. The van der Waals surface area contributed by atoms with Gasteiger partial charge in [-0.05, 0) is 18.9 Å². The predicted molar refractivity (Wildman–Crippen MR) is 58.2 cm³/mol. The van der Waals surface area contributed by atoms with Gasteiger partial charge in [0.1, 0.15) is 5.78 Å². The third kappa shape index (κ3) is 2.63. The summed E-state index contributed by atoms with van der Waals surface area (Å²) in [6.45, 7) is 0. The lowest BCUT2D eigenvalue weighted by Crippen LogP contribution is -2.28. The first-order chi connectivity index (χ1) is 8.38. The second-order valence-electron chi connectivity index (χ2n) is 4.43. The van der Waals surface area contributed by atoms with Crippen LogP contribution in [0.15, 0.2) is 23.1 Å². The van der Waals surface area contributed by atoms with Crippen LogP contribution in [0.5, 0.6) is 0 Å². The lowest BCUT2D eigenvalue weighted by atomic mass is 9.94. The Bertz CT molecular complexity index is 509. The van der Waals surface area contributed by atoms with E-state index >= 15 is 0 Å². The Kier molecular flexibility index (Phi) is 3.28. The summed E-state index contributed by atoms with van der Waals surface area (Å²) in [4.78, 5) is 22.7. The molecule has 0 atom stereocenters. The highest BCUT2D eigenvalue weighted by molar-refractivity contribution is 5.79. The molecule has 1 heterocycles. The minimum Gasteiger partial charge on any atom is -0.312 e. The highest BCUT2D eigenvalue weighted by Gasteiger charge is 2.32. The Labute approximate surface area is 101 Å². The van der Waals surface area contributed by atoms with Gasteiger partial charge < -0.3 is 4.57 Å². The molecule has 98 valence electrons. The van der Waals surface area contributed by atoms with Gasteiger partial charge in [0.25, 0.3) is 5.56 Å². The van der Waals surface area contributed by atoms with Crippen LogP contribution in [0.3, 0.4) is 0 Å². The standard InChI is InChI=1S/C12H12F3NO2/c13-12(14,15)8-1-6-11(18)16(7-8)9-2-4-10(17)5-3-9/h1,6-7,9H,2-5H2. The van der Waals surface area contributed by atoms with Crippen molar-refractivity contribution in [3.8, 4) is 0 Å². The molecule has 0 radical (unpaired) electrons. The van der Waals surface area contributed by atoms with Gasteiger partial charge in [0.2, 0.25) is 0 Å². The number of carbonyl (C=O) groups is 1. The van der Waals surface area contributed by atoms with Crippen LogP contribution in [0.1, 0.15) is 37.3 Å². The third-order valence-electron chi connectivity index (χ3n) is 3.17. The van der Waals surface area contributed by atoms with E-state index < -0.39 is 17.3 Å². The number of aromatic nitrogens is 1. The maximum atomic E-state index is 12.6. The Balaban J connectivity index is 2.32. The van der Waals surface area contributed by atoms with Crippen LogP contribution < -0.4 is 5.56 Å². The molecule has 0 aliphatic heterocycles. The molecule has 0 unspecified atom stereocenters. The molecule has 0 spiro atoms. The highest BCUT2D eigenvalue weighted by Crippen LogP contribution is 2.30. The van der Waals surface area contributed by atoms with Crippen LogP contribution in [-0.2, 0) is 11.0 Å². The zero-order valence-corrected chi connectivity index (χ0v) is 9.54. The number of nitrogens with zero attached hydrogens (tertiary/aromatic N) is 1. The van der Waals surface area contributed by atoms with Crippen molar-refractivity contribution in [2.45, 2.75) is 37.9 Å². The normalized spacial score (nSPS) is 18.1. The predicted octanol–water partition coefficient (Wildman–Crippen LogP) is 2.55. The monoisotopic (exact) mass is 259 g/mol. The van der Waals surface area contributed by atoms with E-state index in [0.29, 0.717) is 25.7 Å². The highest BCUT2D eigenvalue weighted by atomic mass is 19.4. The third-order valence-corrected chi connectivity index (χ3v) is 3.17. The van der Waals surface area contributed by atoms with Crippen molar-refractivity contribution >= 4 is 5.78 Å². The summed E-state index contributed by atoms with van der Waals surface area (Å²) >= 11 is 0. The maximum absolute atomic E-state index is 12.6. The summed E-state index contributed by atoms with van der Waals surface area (Å²) in [5, 5.41) is 0. The van der Waals surface area contributed by atoms with E-state index in [2.05, 4.69) is 0 Å². The summed E-state index contributed by atoms with van der Waals surface area (Å²) in [7, 11) is 0. The number of rotatable bonds is 1. The molecular weight excluding hydrogens is 247 g/mol. The number of hydrogen-bond donors (Lipinski definition) is 0. The van der Waals surface area contributed by atoms with Gasteiger partial charge in [-0.25, -0.2) is 0 Å². The van der Waals surface area contributed by atoms with Gasteiger partial charge in [-0.1, -0.05) is 0 Å². The second kappa shape index (κ2) is 4.59. The van der Waals surface area contributed by atoms with Crippen molar-refractivity contribution in [3.63, 3.8) is 0 Å². The van der Waals surface area contributed by atoms with Crippen molar-refractivity contribution in [2.75, 3.05) is 0 Å². The smallest absolute Gasteiger partial charge is 0.312 e. The molecule has 1 aliphatic carbocycles. The molecule has 1 aromatic rings. The molecule has 1 aliphatic rings.